The minimum Gasteiger partial charge on any atom is -0.326 e. The van der Waals surface area contributed by atoms with E-state index in [1.807, 2.05) is 23.6 Å². The molecule has 94 valence electrons. The molecule has 0 aromatic rings. The van der Waals surface area contributed by atoms with Gasteiger partial charge in [0.25, 0.3) is 0 Å². The molecular weight excluding hydrogens is 220 g/mol. The van der Waals surface area contributed by atoms with E-state index in [-0.39, 0.29) is 18.1 Å². The Morgan fingerprint density at radius 2 is 2.12 bits per heavy atom. The maximum absolute atomic E-state index is 11.9. The van der Waals surface area contributed by atoms with E-state index in [4.69, 9.17) is 0 Å². The molecular formula is C12H24N2OS. The van der Waals surface area contributed by atoms with E-state index in [0.717, 1.165) is 19.4 Å². The van der Waals surface area contributed by atoms with Crippen molar-refractivity contribution < 1.29 is 4.79 Å². The summed E-state index contributed by atoms with van der Waals surface area (Å²) in [7, 11) is 0. The summed E-state index contributed by atoms with van der Waals surface area (Å²) < 4.78 is 0. The Labute approximate surface area is 103 Å². The van der Waals surface area contributed by atoms with Gasteiger partial charge in [-0.05, 0) is 38.2 Å². The van der Waals surface area contributed by atoms with Crippen LogP contribution in [0, 0.1) is 0 Å². The molecule has 1 heterocycles. The summed E-state index contributed by atoms with van der Waals surface area (Å²) in [5, 5.41) is 3.33. The van der Waals surface area contributed by atoms with E-state index in [0.29, 0.717) is 0 Å². The molecule has 3 nitrogen and oxygen atoms in total. The molecule has 1 fully saturated rings. The second-order valence-corrected chi connectivity index (χ2v) is 5.38. The van der Waals surface area contributed by atoms with Crippen LogP contribution in [0.4, 0.5) is 0 Å². The maximum atomic E-state index is 11.9. The number of unbranched alkanes of at least 4 members (excludes halogenated alkanes) is 2. The van der Waals surface area contributed by atoms with Crippen LogP contribution in [0.5, 0.6) is 0 Å². The Morgan fingerprint density at radius 1 is 1.38 bits per heavy atom. The first-order valence-electron chi connectivity index (χ1n) is 6.26. The standard InChI is InChI=1S/C12H24N2OS/c1-4-11-13-10(2)12(15)14(11)8-6-5-7-9-16-3/h10-11,13H,4-9H2,1-3H3. The van der Waals surface area contributed by atoms with Crippen molar-refractivity contribution in [2.75, 3.05) is 18.6 Å². The summed E-state index contributed by atoms with van der Waals surface area (Å²) >= 11 is 1.90. The summed E-state index contributed by atoms with van der Waals surface area (Å²) in [5.41, 5.74) is 0. The zero-order chi connectivity index (χ0) is 12.0. The van der Waals surface area contributed by atoms with Gasteiger partial charge in [0.15, 0.2) is 0 Å². The molecule has 1 aliphatic rings. The fourth-order valence-corrected chi connectivity index (χ4v) is 2.65. The molecule has 0 bridgehead atoms. The van der Waals surface area contributed by atoms with Crippen LogP contribution in [0.25, 0.3) is 0 Å². The number of amides is 1. The molecule has 0 aromatic carbocycles. The van der Waals surface area contributed by atoms with Gasteiger partial charge in [-0.1, -0.05) is 13.3 Å². The average Bonchev–Trinajstić information content (AvgIpc) is 2.56. The number of hydrogen-bond acceptors (Lipinski definition) is 3. The fraction of sp³-hybridized carbons (Fsp3) is 0.917. The van der Waals surface area contributed by atoms with Crippen molar-refractivity contribution in [2.24, 2.45) is 0 Å². The average molecular weight is 244 g/mol. The van der Waals surface area contributed by atoms with Crippen molar-refractivity contribution >= 4 is 17.7 Å². The van der Waals surface area contributed by atoms with Crippen LogP contribution in [0.3, 0.4) is 0 Å². The van der Waals surface area contributed by atoms with Crippen molar-refractivity contribution in [3.8, 4) is 0 Å². The highest BCUT2D eigenvalue weighted by molar-refractivity contribution is 7.98. The van der Waals surface area contributed by atoms with E-state index in [1.54, 1.807) is 0 Å². The molecule has 0 radical (unpaired) electrons. The lowest BCUT2D eigenvalue weighted by Crippen LogP contribution is -2.37. The second kappa shape index (κ2) is 7.17. The van der Waals surface area contributed by atoms with E-state index in [1.165, 1.54) is 18.6 Å². The predicted molar refractivity (Wildman–Crippen MR) is 70.6 cm³/mol. The van der Waals surface area contributed by atoms with Gasteiger partial charge in [-0.2, -0.15) is 11.8 Å². The summed E-state index contributed by atoms with van der Waals surface area (Å²) in [6.07, 6.45) is 7.04. The van der Waals surface area contributed by atoms with Crippen LogP contribution in [0.1, 0.15) is 39.5 Å². The van der Waals surface area contributed by atoms with E-state index >= 15 is 0 Å². The van der Waals surface area contributed by atoms with Gasteiger partial charge in [0.2, 0.25) is 5.91 Å². The predicted octanol–water partition coefficient (Wildman–Crippen LogP) is 2.08. The van der Waals surface area contributed by atoms with Gasteiger partial charge in [-0.15, -0.1) is 0 Å². The number of hydrogen-bond donors (Lipinski definition) is 1. The third-order valence-corrected chi connectivity index (χ3v) is 3.80. The van der Waals surface area contributed by atoms with Gasteiger partial charge in [-0.3, -0.25) is 10.1 Å². The quantitative estimate of drug-likeness (QED) is 0.696. The Bertz CT molecular complexity index is 223. The largest absolute Gasteiger partial charge is 0.326 e. The van der Waals surface area contributed by atoms with Crippen molar-refractivity contribution in [3.63, 3.8) is 0 Å². The van der Waals surface area contributed by atoms with Crippen LogP contribution in [-0.2, 0) is 4.79 Å². The third kappa shape index (κ3) is 3.67. The molecule has 1 rings (SSSR count). The highest BCUT2D eigenvalue weighted by Crippen LogP contribution is 2.14. The van der Waals surface area contributed by atoms with Crippen molar-refractivity contribution in [3.05, 3.63) is 0 Å². The van der Waals surface area contributed by atoms with Crippen LogP contribution >= 0.6 is 11.8 Å². The normalized spacial score (nSPS) is 25.4. The Kier molecular flexibility index (Phi) is 6.21. The zero-order valence-electron chi connectivity index (χ0n) is 10.7. The SMILES string of the molecule is CCC1NC(C)C(=O)N1CCCCCSC. The minimum absolute atomic E-state index is 0.0103. The molecule has 1 N–H and O–H groups in total. The molecule has 2 atom stereocenters. The summed E-state index contributed by atoms with van der Waals surface area (Å²) in [5.74, 6) is 1.51. The van der Waals surface area contributed by atoms with Gasteiger partial charge in [0.1, 0.15) is 0 Å². The van der Waals surface area contributed by atoms with Gasteiger partial charge in [-0.25, -0.2) is 0 Å². The first-order valence-corrected chi connectivity index (χ1v) is 7.65. The first kappa shape index (κ1) is 13.8. The number of nitrogens with zero attached hydrogens (tertiary/aromatic N) is 1. The number of nitrogens with one attached hydrogen (secondary N) is 1. The van der Waals surface area contributed by atoms with E-state index in [9.17, 15) is 4.79 Å². The van der Waals surface area contributed by atoms with Gasteiger partial charge >= 0.3 is 0 Å². The molecule has 0 aromatic heterocycles. The molecule has 2 unspecified atom stereocenters. The lowest BCUT2D eigenvalue weighted by Gasteiger charge is -2.22. The molecule has 4 heteroatoms. The lowest BCUT2D eigenvalue weighted by atomic mass is 10.2. The second-order valence-electron chi connectivity index (χ2n) is 4.40. The summed E-state index contributed by atoms with van der Waals surface area (Å²) in [6, 6.07) is 0.0103. The summed E-state index contributed by atoms with van der Waals surface area (Å²) in [4.78, 5) is 13.9. The Balaban J connectivity index is 2.26. The molecule has 0 saturated carbocycles. The third-order valence-electron chi connectivity index (χ3n) is 3.11. The lowest BCUT2D eigenvalue weighted by molar-refractivity contribution is -0.129. The van der Waals surface area contributed by atoms with Gasteiger partial charge in [0, 0.05) is 6.54 Å². The van der Waals surface area contributed by atoms with Crippen molar-refractivity contribution in [2.45, 2.75) is 51.7 Å². The van der Waals surface area contributed by atoms with Crippen molar-refractivity contribution in [1.29, 1.82) is 0 Å². The highest BCUT2D eigenvalue weighted by Gasteiger charge is 2.34. The Morgan fingerprint density at radius 3 is 2.75 bits per heavy atom. The number of thioether (sulfide) groups is 1. The zero-order valence-corrected chi connectivity index (χ0v) is 11.5. The first-order chi connectivity index (χ1) is 7.70. The fourth-order valence-electron chi connectivity index (χ4n) is 2.16. The van der Waals surface area contributed by atoms with Crippen LogP contribution in [-0.4, -0.2) is 41.6 Å². The van der Waals surface area contributed by atoms with Crippen LogP contribution in [0.2, 0.25) is 0 Å². The van der Waals surface area contributed by atoms with Crippen LogP contribution < -0.4 is 5.32 Å². The maximum Gasteiger partial charge on any atom is 0.240 e. The van der Waals surface area contributed by atoms with E-state index in [2.05, 4.69) is 18.5 Å². The molecule has 1 saturated heterocycles. The highest BCUT2D eigenvalue weighted by atomic mass is 32.2. The number of rotatable bonds is 7. The smallest absolute Gasteiger partial charge is 0.240 e. The topological polar surface area (TPSA) is 32.3 Å². The monoisotopic (exact) mass is 244 g/mol. The molecule has 0 spiro atoms. The van der Waals surface area contributed by atoms with Crippen molar-refractivity contribution in [1.82, 2.24) is 10.2 Å². The van der Waals surface area contributed by atoms with Gasteiger partial charge < -0.3 is 4.90 Å². The molecule has 1 amide bonds. The van der Waals surface area contributed by atoms with E-state index < -0.39 is 0 Å². The number of carbonyl (C=O) groups is 1. The summed E-state index contributed by atoms with van der Waals surface area (Å²) in [6.45, 7) is 5.01. The Hall–Kier alpha value is -0.220. The van der Waals surface area contributed by atoms with Gasteiger partial charge in [0.05, 0.1) is 12.2 Å². The molecule has 1 aliphatic heterocycles. The minimum atomic E-state index is 0.0103. The molecule has 16 heavy (non-hydrogen) atoms. The van der Waals surface area contributed by atoms with Crippen LogP contribution in [0.15, 0.2) is 0 Å². The number of carbonyl (C=O) groups excluding carboxylic acids is 1. The molecule has 0 aliphatic carbocycles.